The van der Waals surface area contributed by atoms with Gasteiger partial charge in [-0.05, 0) is 61.7 Å². The van der Waals surface area contributed by atoms with Crippen LogP contribution in [0.2, 0.25) is 18.1 Å². The number of aryl methyl sites for hydroxylation is 1. The zero-order valence-corrected chi connectivity index (χ0v) is 21.9. The number of nitrogens with zero attached hydrogens (tertiary/aromatic N) is 2. The molecule has 1 aromatic carbocycles. The standard InChI is InChI=1S/C25H31N3O3SSi/c1-7-30-24(29)23-22(19-12-13-26-15-21(19)32-23)27-17-9-10-18-16(14-17)8-11-20(18)28-31-33(5,6)25(2,3)4/h9-10,12-15,27H,7-8,11H2,1-6H3/b28-20+. The lowest BCUT2D eigenvalue weighted by molar-refractivity contribution is 0.0533. The van der Waals surface area contributed by atoms with E-state index in [9.17, 15) is 4.79 Å². The minimum atomic E-state index is -1.95. The second-order valence-electron chi connectivity index (χ2n) is 9.78. The summed E-state index contributed by atoms with van der Waals surface area (Å²) in [7, 11) is -1.95. The Morgan fingerprint density at radius 1 is 1.24 bits per heavy atom. The van der Waals surface area contributed by atoms with Gasteiger partial charge >= 0.3 is 5.97 Å². The number of aromatic nitrogens is 1. The number of rotatable bonds is 6. The van der Waals surface area contributed by atoms with Crippen LogP contribution >= 0.6 is 11.3 Å². The van der Waals surface area contributed by atoms with E-state index in [0.29, 0.717) is 11.5 Å². The van der Waals surface area contributed by atoms with Crippen molar-refractivity contribution in [2.75, 3.05) is 11.9 Å². The molecule has 3 aromatic rings. The van der Waals surface area contributed by atoms with Gasteiger partial charge in [-0.1, -0.05) is 26.8 Å². The van der Waals surface area contributed by atoms with Crippen LogP contribution in [-0.4, -0.2) is 31.6 Å². The van der Waals surface area contributed by atoms with Gasteiger partial charge in [0.05, 0.1) is 22.7 Å². The number of anilines is 2. The van der Waals surface area contributed by atoms with Crippen LogP contribution in [0.5, 0.6) is 0 Å². The highest BCUT2D eigenvalue weighted by molar-refractivity contribution is 7.21. The highest BCUT2D eigenvalue weighted by atomic mass is 32.1. The van der Waals surface area contributed by atoms with E-state index in [4.69, 9.17) is 9.26 Å². The second-order valence-corrected chi connectivity index (χ2v) is 15.5. The summed E-state index contributed by atoms with van der Waals surface area (Å²) in [5.41, 5.74) is 5.09. The molecule has 6 nitrogen and oxygen atoms in total. The molecule has 1 N–H and O–H groups in total. The third-order valence-corrected chi connectivity index (χ3v) is 11.7. The van der Waals surface area contributed by atoms with Crippen LogP contribution in [0.4, 0.5) is 11.4 Å². The molecule has 33 heavy (non-hydrogen) atoms. The SMILES string of the molecule is CCOC(=O)c1sc2cnccc2c1Nc1ccc2c(c1)CC/C2=N\O[Si](C)(C)C(C)(C)C. The Bertz CT molecular complexity index is 1230. The fraction of sp³-hybridized carbons (Fsp3) is 0.400. The van der Waals surface area contributed by atoms with Gasteiger partial charge in [0, 0.05) is 29.0 Å². The summed E-state index contributed by atoms with van der Waals surface area (Å²) < 4.78 is 12.4. The Hall–Kier alpha value is -2.71. The van der Waals surface area contributed by atoms with Crippen LogP contribution in [0.15, 0.2) is 41.8 Å². The summed E-state index contributed by atoms with van der Waals surface area (Å²) >= 11 is 1.40. The number of hydrogen-bond donors (Lipinski definition) is 1. The largest absolute Gasteiger partial charge is 0.462 e. The normalized spacial score (nSPS) is 15.0. The maximum Gasteiger partial charge on any atom is 0.350 e. The van der Waals surface area contributed by atoms with Gasteiger partial charge in [0.15, 0.2) is 0 Å². The van der Waals surface area contributed by atoms with E-state index >= 15 is 0 Å². The minimum Gasteiger partial charge on any atom is -0.462 e. The number of fused-ring (bicyclic) bond motifs is 2. The van der Waals surface area contributed by atoms with Crippen LogP contribution < -0.4 is 5.32 Å². The lowest BCUT2D eigenvalue weighted by Crippen LogP contribution is -2.39. The summed E-state index contributed by atoms with van der Waals surface area (Å²) in [5.74, 6) is -0.320. The predicted octanol–water partition coefficient (Wildman–Crippen LogP) is 6.89. The maximum atomic E-state index is 12.6. The molecular formula is C25H31N3O3SSi. The van der Waals surface area contributed by atoms with Crippen molar-refractivity contribution in [2.45, 2.75) is 58.7 Å². The van der Waals surface area contributed by atoms with Crippen molar-refractivity contribution in [1.82, 2.24) is 4.98 Å². The predicted molar refractivity (Wildman–Crippen MR) is 138 cm³/mol. The van der Waals surface area contributed by atoms with E-state index in [0.717, 1.165) is 45.6 Å². The van der Waals surface area contributed by atoms with Gasteiger partial charge in [-0.2, -0.15) is 0 Å². The van der Waals surface area contributed by atoms with Crippen molar-refractivity contribution in [2.24, 2.45) is 5.16 Å². The first-order valence-electron chi connectivity index (χ1n) is 11.3. The smallest absolute Gasteiger partial charge is 0.350 e. The molecule has 2 heterocycles. The van der Waals surface area contributed by atoms with E-state index in [2.05, 4.69) is 61.5 Å². The van der Waals surface area contributed by atoms with Crippen molar-refractivity contribution >= 4 is 52.8 Å². The van der Waals surface area contributed by atoms with Crippen molar-refractivity contribution in [3.8, 4) is 0 Å². The quantitative estimate of drug-likeness (QED) is 0.236. The molecule has 1 aliphatic carbocycles. The summed E-state index contributed by atoms with van der Waals surface area (Å²) in [6.45, 7) is 13.2. The summed E-state index contributed by atoms with van der Waals surface area (Å²) in [6, 6.07) is 8.20. The van der Waals surface area contributed by atoms with Gasteiger partial charge in [-0.15, -0.1) is 16.5 Å². The lowest BCUT2D eigenvalue weighted by atomic mass is 10.1. The number of ether oxygens (including phenoxy) is 1. The van der Waals surface area contributed by atoms with Gasteiger partial charge < -0.3 is 14.6 Å². The van der Waals surface area contributed by atoms with Crippen LogP contribution in [-0.2, 0) is 15.7 Å². The van der Waals surface area contributed by atoms with Gasteiger partial charge in [0.2, 0.25) is 0 Å². The van der Waals surface area contributed by atoms with Gasteiger partial charge in [-0.3, -0.25) is 4.98 Å². The number of esters is 1. The fourth-order valence-electron chi connectivity index (χ4n) is 3.51. The van der Waals surface area contributed by atoms with Gasteiger partial charge in [0.25, 0.3) is 8.32 Å². The molecule has 174 valence electrons. The van der Waals surface area contributed by atoms with Crippen molar-refractivity contribution < 1.29 is 14.1 Å². The molecule has 0 aliphatic heterocycles. The number of thiophene rings is 1. The van der Waals surface area contributed by atoms with E-state index in [1.54, 1.807) is 12.4 Å². The average Bonchev–Trinajstić information content (AvgIpc) is 3.33. The molecule has 0 saturated carbocycles. The summed E-state index contributed by atoms with van der Waals surface area (Å²) in [4.78, 5) is 17.3. The zero-order valence-electron chi connectivity index (χ0n) is 20.1. The molecule has 0 fully saturated rings. The highest BCUT2D eigenvalue weighted by Crippen LogP contribution is 2.39. The summed E-state index contributed by atoms with van der Waals surface area (Å²) in [5, 5.41) is 9.15. The Labute approximate surface area is 200 Å². The lowest BCUT2D eigenvalue weighted by Gasteiger charge is -2.33. The van der Waals surface area contributed by atoms with Crippen molar-refractivity contribution in [3.63, 3.8) is 0 Å². The molecular weight excluding hydrogens is 450 g/mol. The average molecular weight is 482 g/mol. The number of nitrogens with one attached hydrogen (secondary N) is 1. The maximum absolute atomic E-state index is 12.6. The van der Waals surface area contributed by atoms with E-state index in [1.807, 2.05) is 19.1 Å². The highest BCUT2D eigenvalue weighted by Gasteiger charge is 2.40. The Balaban J connectivity index is 1.62. The first-order chi connectivity index (χ1) is 15.6. The molecule has 1 aliphatic rings. The first-order valence-corrected chi connectivity index (χ1v) is 15.0. The van der Waals surface area contributed by atoms with Gasteiger partial charge in [-0.25, -0.2) is 4.79 Å². The number of hydrogen-bond acceptors (Lipinski definition) is 7. The van der Waals surface area contributed by atoms with Crippen LogP contribution in [0, 0.1) is 0 Å². The van der Waals surface area contributed by atoms with Crippen molar-refractivity contribution in [3.05, 3.63) is 52.7 Å². The Morgan fingerprint density at radius 3 is 2.76 bits per heavy atom. The Kier molecular flexibility index (Phi) is 6.33. The molecule has 2 aromatic heterocycles. The Morgan fingerprint density at radius 2 is 2.03 bits per heavy atom. The first kappa shape index (κ1) is 23.4. The van der Waals surface area contributed by atoms with Gasteiger partial charge in [0.1, 0.15) is 4.88 Å². The topological polar surface area (TPSA) is 72.8 Å². The molecule has 0 radical (unpaired) electrons. The molecule has 0 bridgehead atoms. The zero-order chi connectivity index (χ0) is 23.8. The third-order valence-electron chi connectivity index (χ3n) is 6.46. The molecule has 4 rings (SSSR count). The third kappa shape index (κ3) is 4.68. The second kappa shape index (κ2) is 8.91. The molecule has 0 amide bonds. The number of oxime groups is 1. The molecule has 0 spiro atoms. The monoisotopic (exact) mass is 481 g/mol. The fourth-order valence-corrected chi connectivity index (χ4v) is 5.14. The molecule has 8 heteroatoms. The number of carbonyl (C=O) groups is 1. The van der Waals surface area contributed by atoms with E-state index in [-0.39, 0.29) is 11.0 Å². The molecule has 0 atom stereocenters. The van der Waals surface area contributed by atoms with Crippen LogP contribution in [0.3, 0.4) is 0 Å². The van der Waals surface area contributed by atoms with Crippen LogP contribution in [0.1, 0.15) is 54.9 Å². The minimum absolute atomic E-state index is 0.113. The number of carbonyl (C=O) groups excluding carboxylic acids is 1. The van der Waals surface area contributed by atoms with Crippen LogP contribution in [0.25, 0.3) is 10.1 Å². The van der Waals surface area contributed by atoms with E-state index in [1.165, 1.54) is 16.9 Å². The number of benzene rings is 1. The molecule has 0 unspecified atom stereocenters. The van der Waals surface area contributed by atoms with Crippen molar-refractivity contribution in [1.29, 1.82) is 0 Å². The number of pyridine rings is 1. The molecule has 0 saturated heterocycles. The van der Waals surface area contributed by atoms with E-state index < -0.39 is 8.32 Å². The summed E-state index contributed by atoms with van der Waals surface area (Å²) in [6.07, 6.45) is 5.31.